The predicted molar refractivity (Wildman–Crippen MR) is 75.3 cm³/mol. The molecule has 0 saturated carbocycles. The fourth-order valence-electron chi connectivity index (χ4n) is 1.54. The van der Waals surface area contributed by atoms with Gasteiger partial charge in [-0.1, -0.05) is 30.7 Å². The van der Waals surface area contributed by atoms with Gasteiger partial charge in [-0.05, 0) is 18.6 Å². The lowest BCUT2D eigenvalue weighted by Gasteiger charge is -2.29. The maximum absolute atomic E-state index is 11.8. The fourth-order valence-corrected chi connectivity index (χ4v) is 1.72. The third-order valence-electron chi connectivity index (χ3n) is 3.05. The molecule has 0 radical (unpaired) electrons. The van der Waals surface area contributed by atoms with Crippen LogP contribution in [0.1, 0.15) is 13.3 Å². The van der Waals surface area contributed by atoms with Crippen LogP contribution >= 0.6 is 11.6 Å². The molecule has 5 nitrogen and oxygen atoms in total. The Morgan fingerprint density at radius 1 is 1.32 bits per heavy atom. The number of para-hydroxylation sites is 1. The van der Waals surface area contributed by atoms with Crippen molar-refractivity contribution in [2.45, 2.75) is 18.9 Å². The standard InChI is InChI=1S/C13H19ClN2O3/c1-2-13(8-17,9-18)15-7-12(19)16-11-6-4-3-5-10(11)14/h3-6,15,17-18H,2,7-9H2,1H3,(H,16,19). The van der Waals surface area contributed by atoms with Gasteiger partial charge in [0.25, 0.3) is 0 Å². The summed E-state index contributed by atoms with van der Waals surface area (Å²) in [6, 6.07) is 6.93. The van der Waals surface area contributed by atoms with E-state index in [1.54, 1.807) is 24.3 Å². The molecule has 0 heterocycles. The first-order valence-corrected chi connectivity index (χ1v) is 6.46. The van der Waals surface area contributed by atoms with E-state index in [1.165, 1.54) is 0 Å². The maximum Gasteiger partial charge on any atom is 0.238 e. The summed E-state index contributed by atoms with van der Waals surface area (Å²) in [5, 5.41) is 24.5. The molecule has 1 aromatic carbocycles. The minimum atomic E-state index is -0.835. The zero-order valence-corrected chi connectivity index (χ0v) is 11.6. The van der Waals surface area contributed by atoms with Gasteiger partial charge in [0.1, 0.15) is 0 Å². The molecule has 4 N–H and O–H groups in total. The van der Waals surface area contributed by atoms with Crippen molar-refractivity contribution < 1.29 is 15.0 Å². The van der Waals surface area contributed by atoms with Crippen LogP contribution in [0.2, 0.25) is 5.02 Å². The van der Waals surface area contributed by atoms with E-state index in [9.17, 15) is 15.0 Å². The Morgan fingerprint density at radius 2 is 1.95 bits per heavy atom. The first-order valence-electron chi connectivity index (χ1n) is 6.08. The maximum atomic E-state index is 11.8. The van der Waals surface area contributed by atoms with Crippen LogP contribution in [0.15, 0.2) is 24.3 Å². The van der Waals surface area contributed by atoms with Crippen LogP contribution in [0.25, 0.3) is 0 Å². The molecule has 0 aliphatic heterocycles. The van der Waals surface area contributed by atoms with Crippen molar-refractivity contribution in [3.05, 3.63) is 29.3 Å². The van der Waals surface area contributed by atoms with E-state index in [0.29, 0.717) is 17.1 Å². The smallest absolute Gasteiger partial charge is 0.238 e. The van der Waals surface area contributed by atoms with Crippen LogP contribution < -0.4 is 10.6 Å². The van der Waals surface area contributed by atoms with Crippen molar-refractivity contribution in [3.8, 4) is 0 Å². The zero-order valence-electron chi connectivity index (χ0n) is 10.8. The summed E-state index contributed by atoms with van der Waals surface area (Å²) in [6.45, 7) is 1.34. The molecule has 19 heavy (non-hydrogen) atoms. The van der Waals surface area contributed by atoms with Gasteiger partial charge in [-0.15, -0.1) is 0 Å². The summed E-state index contributed by atoms with van der Waals surface area (Å²) in [5.41, 5.74) is -0.302. The monoisotopic (exact) mass is 286 g/mol. The SMILES string of the molecule is CCC(CO)(CO)NCC(=O)Nc1ccccc1Cl. The Hall–Kier alpha value is -1.14. The van der Waals surface area contributed by atoms with Crippen molar-refractivity contribution in [2.24, 2.45) is 0 Å². The lowest BCUT2D eigenvalue weighted by molar-refractivity contribution is -0.116. The molecular weight excluding hydrogens is 268 g/mol. The van der Waals surface area contributed by atoms with Gasteiger partial charge in [-0.25, -0.2) is 0 Å². The van der Waals surface area contributed by atoms with E-state index in [-0.39, 0.29) is 25.7 Å². The molecular formula is C13H19ClN2O3. The van der Waals surface area contributed by atoms with Gasteiger partial charge in [0.15, 0.2) is 0 Å². The number of aliphatic hydroxyl groups is 2. The summed E-state index contributed by atoms with van der Waals surface area (Å²) in [4.78, 5) is 11.8. The Labute approximate surface area is 117 Å². The number of hydrogen-bond acceptors (Lipinski definition) is 4. The van der Waals surface area contributed by atoms with Gasteiger partial charge in [0.05, 0.1) is 36.0 Å². The van der Waals surface area contributed by atoms with Gasteiger partial charge < -0.3 is 15.5 Å². The summed E-state index contributed by atoms with van der Waals surface area (Å²) < 4.78 is 0. The Bertz CT molecular complexity index is 414. The van der Waals surface area contributed by atoms with Crippen LogP contribution in [0.3, 0.4) is 0 Å². The van der Waals surface area contributed by atoms with Crippen LogP contribution in [0.4, 0.5) is 5.69 Å². The van der Waals surface area contributed by atoms with E-state index in [4.69, 9.17) is 11.6 Å². The highest BCUT2D eigenvalue weighted by Crippen LogP contribution is 2.20. The average molecular weight is 287 g/mol. The first kappa shape index (κ1) is 15.9. The molecule has 1 aromatic rings. The number of carbonyl (C=O) groups excluding carboxylic acids is 1. The number of hydrogen-bond donors (Lipinski definition) is 4. The van der Waals surface area contributed by atoms with Crippen molar-refractivity contribution in [2.75, 3.05) is 25.1 Å². The van der Waals surface area contributed by atoms with E-state index < -0.39 is 5.54 Å². The van der Waals surface area contributed by atoms with Gasteiger partial charge in [0, 0.05) is 0 Å². The molecule has 1 rings (SSSR count). The quantitative estimate of drug-likeness (QED) is 0.603. The van der Waals surface area contributed by atoms with Crippen LogP contribution in [0.5, 0.6) is 0 Å². The number of anilines is 1. The predicted octanol–water partition coefficient (Wildman–Crippen LogP) is 1.00. The van der Waals surface area contributed by atoms with Crippen LogP contribution in [-0.2, 0) is 4.79 Å². The van der Waals surface area contributed by atoms with Gasteiger partial charge in [-0.3, -0.25) is 10.1 Å². The molecule has 0 aromatic heterocycles. The second-order valence-electron chi connectivity index (χ2n) is 4.33. The van der Waals surface area contributed by atoms with Gasteiger partial charge >= 0.3 is 0 Å². The third kappa shape index (κ3) is 4.47. The molecule has 0 aliphatic carbocycles. The van der Waals surface area contributed by atoms with Crippen molar-refractivity contribution in [1.82, 2.24) is 5.32 Å². The highest BCUT2D eigenvalue weighted by atomic mass is 35.5. The Balaban J connectivity index is 2.55. The minimum absolute atomic E-state index is 0.0137. The minimum Gasteiger partial charge on any atom is -0.394 e. The van der Waals surface area contributed by atoms with Crippen molar-refractivity contribution >= 4 is 23.2 Å². The lowest BCUT2D eigenvalue weighted by atomic mass is 9.98. The molecule has 0 unspecified atom stereocenters. The number of carbonyl (C=O) groups is 1. The topological polar surface area (TPSA) is 81.6 Å². The summed E-state index contributed by atoms with van der Waals surface area (Å²) >= 11 is 5.93. The number of aliphatic hydroxyl groups excluding tert-OH is 2. The molecule has 106 valence electrons. The van der Waals surface area contributed by atoms with Gasteiger partial charge in [0.2, 0.25) is 5.91 Å². The Morgan fingerprint density at radius 3 is 2.47 bits per heavy atom. The summed E-state index contributed by atoms with van der Waals surface area (Å²) in [6.07, 6.45) is 0.513. The van der Waals surface area contributed by atoms with Crippen LogP contribution in [-0.4, -0.2) is 41.4 Å². The van der Waals surface area contributed by atoms with Crippen molar-refractivity contribution in [1.29, 1.82) is 0 Å². The van der Waals surface area contributed by atoms with E-state index in [0.717, 1.165) is 0 Å². The number of rotatable bonds is 7. The number of amides is 1. The van der Waals surface area contributed by atoms with Crippen molar-refractivity contribution in [3.63, 3.8) is 0 Å². The highest BCUT2D eigenvalue weighted by molar-refractivity contribution is 6.33. The second-order valence-corrected chi connectivity index (χ2v) is 4.74. The van der Waals surface area contributed by atoms with E-state index in [1.807, 2.05) is 6.92 Å². The van der Waals surface area contributed by atoms with E-state index in [2.05, 4.69) is 10.6 Å². The Kier molecular flexibility index (Phi) is 6.24. The molecule has 0 bridgehead atoms. The number of halogens is 1. The highest BCUT2D eigenvalue weighted by Gasteiger charge is 2.26. The van der Waals surface area contributed by atoms with Gasteiger partial charge in [-0.2, -0.15) is 0 Å². The molecule has 0 atom stereocenters. The molecule has 1 amide bonds. The molecule has 0 spiro atoms. The number of benzene rings is 1. The summed E-state index contributed by atoms with van der Waals surface area (Å²) in [5.74, 6) is -0.284. The largest absolute Gasteiger partial charge is 0.394 e. The second kappa shape index (κ2) is 7.45. The summed E-state index contributed by atoms with van der Waals surface area (Å²) in [7, 11) is 0. The normalized spacial score (nSPS) is 11.4. The average Bonchev–Trinajstić information content (AvgIpc) is 2.44. The lowest BCUT2D eigenvalue weighted by Crippen LogP contribution is -2.53. The molecule has 0 aliphatic rings. The first-order chi connectivity index (χ1) is 9.06. The fraction of sp³-hybridized carbons (Fsp3) is 0.462. The van der Waals surface area contributed by atoms with Crippen LogP contribution in [0, 0.1) is 0 Å². The third-order valence-corrected chi connectivity index (χ3v) is 3.38. The molecule has 0 saturated heterocycles. The zero-order chi connectivity index (χ0) is 14.3. The van der Waals surface area contributed by atoms with E-state index >= 15 is 0 Å². The molecule has 0 fully saturated rings. The molecule has 6 heteroatoms. The number of nitrogens with one attached hydrogen (secondary N) is 2.